The number of aryl methyl sites for hydroxylation is 1. The van der Waals surface area contributed by atoms with Crippen molar-refractivity contribution >= 4 is 29.1 Å². The summed E-state index contributed by atoms with van der Waals surface area (Å²) in [6.07, 6.45) is 4.21. The average molecular weight is 277 g/mol. The molecule has 0 aliphatic carbocycles. The van der Waals surface area contributed by atoms with E-state index in [1.807, 2.05) is 13.0 Å². The fourth-order valence-corrected chi connectivity index (χ4v) is 2.20. The minimum atomic E-state index is 0.512. The molecule has 5 nitrogen and oxygen atoms in total. The van der Waals surface area contributed by atoms with Gasteiger partial charge >= 0.3 is 0 Å². The molecule has 0 radical (unpaired) electrons. The first-order valence-electron chi connectivity index (χ1n) is 6.45. The van der Waals surface area contributed by atoms with Crippen LogP contribution < -0.4 is 15.5 Å². The molecule has 1 aliphatic heterocycles. The summed E-state index contributed by atoms with van der Waals surface area (Å²) in [5, 5.41) is 6.51. The van der Waals surface area contributed by atoms with E-state index >= 15 is 0 Å². The smallest absolute Gasteiger partial charge is 0.231 e. The van der Waals surface area contributed by atoms with Crippen molar-refractivity contribution in [3.8, 4) is 0 Å². The molecule has 1 aromatic heterocycles. The minimum absolute atomic E-state index is 0.512. The molecule has 0 spiro atoms. The van der Waals surface area contributed by atoms with Crippen molar-refractivity contribution in [1.82, 2.24) is 15.3 Å². The van der Waals surface area contributed by atoms with Crippen LogP contribution in [0.2, 0.25) is 0 Å². The molecule has 0 atom stereocenters. The molecule has 0 amide bonds. The third-order valence-corrected chi connectivity index (χ3v) is 3.15. The van der Waals surface area contributed by atoms with E-state index in [0.29, 0.717) is 17.6 Å². The zero-order valence-corrected chi connectivity index (χ0v) is 12.0. The van der Waals surface area contributed by atoms with Crippen molar-refractivity contribution in [2.24, 2.45) is 0 Å². The van der Waals surface area contributed by atoms with Crippen LogP contribution in [0.25, 0.3) is 0 Å². The summed E-state index contributed by atoms with van der Waals surface area (Å²) >= 11 is 5.16. The van der Waals surface area contributed by atoms with Crippen molar-refractivity contribution < 1.29 is 0 Å². The maximum Gasteiger partial charge on any atom is 0.231 e. The van der Waals surface area contributed by atoms with Gasteiger partial charge in [0.1, 0.15) is 5.82 Å². The van der Waals surface area contributed by atoms with E-state index in [2.05, 4.69) is 32.1 Å². The molecule has 19 heavy (non-hydrogen) atoms. The molecular weight excluding hydrogens is 258 g/mol. The normalized spacial score (nSPS) is 14.3. The van der Waals surface area contributed by atoms with Crippen LogP contribution in [0.5, 0.6) is 0 Å². The molecule has 0 unspecified atom stereocenters. The van der Waals surface area contributed by atoms with Gasteiger partial charge in [-0.25, -0.2) is 4.98 Å². The van der Waals surface area contributed by atoms with E-state index in [1.165, 1.54) is 12.8 Å². The topological polar surface area (TPSA) is 53.1 Å². The van der Waals surface area contributed by atoms with Crippen molar-refractivity contribution in [2.45, 2.75) is 19.8 Å². The Balaban J connectivity index is 2.07. The maximum atomic E-state index is 5.16. The monoisotopic (exact) mass is 277 g/mol. The van der Waals surface area contributed by atoms with Crippen LogP contribution in [0.4, 0.5) is 11.8 Å². The molecule has 2 N–H and O–H groups in total. The Labute approximate surface area is 119 Å². The van der Waals surface area contributed by atoms with Gasteiger partial charge in [-0.05, 0) is 32.0 Å². The molecule has 0 aromatic carbocycles. The van der Waals surface area contributed by atoms with Crippen LogP contribution in [-0.2, 0) is 0 Å². The second kappa shape index (κ2) is 6.47. The van der Waals surface area contributed by atoms with Gasteiger partial charge in [-0.15, -0.1) is 6.58 Å². The molecule has 1 aromatic rings. The Morgan fingerprint density at radius 1 is 1.47 bits per heavy atom. The summed E-state index contributed by atoms with van der Waals surface area (Å²) in [6.45, 7) is 8.35. The van der Waals surface area contributed by atoms with Crippen LogP contribution >= 0.6 is 12.2 Å². The first kappa shape index (κ1) is 13.7. The van der Waals surface area contributed by atoms with E-state index in [-0.39, 0.29) is 0 Å². The van der Waals surface area contributed by atoms with Crippen LogP contribution in [0.15, 0.2) is 18.7 Å². The summed E-state index contributed by atoms with van der Waals surface area (Å²) in [4.78, 5) is 11.1. The van der Waals surface area contributed by atoms with Gasteiger partial charge in [0, 0.05) is 31.4 Å². The third-order valence-electron chi connectivity index (χ3n) is 2.90. The standard InChI is InChI=1S/C13H19N5S/c1-3-6-14-13(19)17-12-15-10(2)9-11(16-12)18-7-4-5-8-18/h3,9H,1,4-8H2,2H3,(H2,14,15,16,17,19). The lowest BCUT2D eigenvalue weighted by atomic mass is 10.4. The van der Waals surface area contributed by atoms with Crippen LogP contribution in [0.1, 0.15) is 18.5 Å². The lowest BCUT2D eigenvalue weighted by Crippen LogP contribution is -2.29. The fourth-order valence-electron chi connectivity index (χ4n) is 2.03. The Morgan fingerprint density at radius 3 is 2.89 bits per heavy atom. The highest BCUT2D eigenvalue weighted by Crippen LogP contribution is 2.19. The first-order valence-corrected chi connectivity index (χ1v) is 6.86. The summed E-state index contributed by atoms with van der Waals surface area (Å²) in [5.41, 5.74) is 0.936. The van der Waals surface area contributed by atoms with Gasteiger partial charge in [0.15, 0.2) is 5.11 Å². The zero-order chi connectivity index (χ0) is 13.7. The number of hydrogen-bond acceptors (Lipinski definition) is 4. The Hall–Kier alpha value is -1.69. The fraction of sp³-hybridized carbons (Fsp3) is 0.462. The number of aromatic nitrogens is 2. The quantitative estimate of drug-likeness (QED) is 0.647. The molecule has 2 rings (SSSR count). The van der Waals surface area contributed by atoms with E-state index < -0.39 is 0 Å². The highest BCUT2D eigenvalue weighted by Gasteiger charge is 2.15. The molecule has 1 saturated heterocycles. The number of nitrogens with zero attached hydrogens (tertiary/aromatic N) is 3. The Morgan fingerprint density at radius 2 is 2.21 bits per heavy atom. The van der Waals surface area contributed by atoms with Gasteiger partial charge in [0.05, 0.1) is 0 Å². The summed E-state index contributed by atoms with van der Waals surface area (Å²) in [7, 11) is 0. The maximum absolute atomic E-state index is 5.16. The summed E-state index contributed by atoms with van der Waals surface area (Å²) in [6, 6.07) is 2.01. The van der Waals surface area contributed by atoms with Gasteiger partial charge in [-0.2, -0.15) is 4.98 Å². The number of rotatable bonds is 4. The lowest BCUT2D eigenvalue weighted by Gasteiger charge is -2.17. The van der Waals surface area contributed by atoms with Gasteiger partial charge in [0.25, 0.3) is 0 Å². The zero-order valence-electron chi connectivity index (χ0n) is 11.1. The number of anilines is 2. The first-order chi connectivity index (χ1) is 9.19. The van der Waals surface area contributed by atoms with Crippen LogP contribution in [0.3, 0.4) is 0 Å². The molecule has 2 heterocycles. The molecule has 1 aliphatic rings. The van der Waals surface area contributed by atoms with Crippen LogP contribution in [-0.4, -0.2) is 34.7 Å². The number of nitrogens with one attached hydrogen (secondary N) is 2. The van der Waals surface area contributed by atoms with Crippen molar-refractivity contribution in [1.29, 1.82) is 0 Å². The van der Waals surface area contributed by atoms with E-state index in [1.54, 1.807) is 6.08 Å². The predicted molar refractivity (Wildman–Crippen MR) is 82.6 cm³/mol. The molecule has 0 bridgehead atoms. The predicted octanol–water partition coefficient (Wildman–Crippen LogP) is 1.86. The summed E-state index contributed by atoms with van der Waals surface area (Å²) in [5.74, 6) is 1.52. The molecule has 6 heteroatoms. The van der Waals surface area contributed by atoms with Gasteiger partial charge in [-0.1, -0.05) is 6.08 Å². The molecule has 102 valence electrons. The highest BCUT2D eigenvalue weighted by molar-refractivity contribution is 7.80. The molecular formula is C13H19N5S. The molecule has 1 fully saturated rings. The second-order valence-corrected chi connectivity index (χ2v) is 4.92. The number of hydrogen-bond donors (Lipinski definition) is 2. The van der Waals surface area contributed by atoms with Gasteiger partial charge in [0.2, 0.25) is 5.95 Å². The second-order valence-electron chi connectivity index (χ2n) is 4.51. The highest BCUT2D eigenvalue weighted by atomic mass is 32.1. The Kier molecular flexibility index (Phi) is 4.68. The molecule has 0 saturated carbocycles. The number of thiocarbonyl (C=S) groups is 1. The van der Waals surface area contributed by atoms with Crippen molar-refractivity contribution in [2.75, 3.05) is 29.9 Å². The minimum Gasteiger partial charge on any atom is -0.359 e. The Bertz CT molecular complexity index is 468. The average Bonchev–Trinajstić information content (AvgIpc) is 2.89. The lowest BCUT2D eigenvalue weighted by molar-refractivity contribution is 0.923. The SMILES string of the molecule is C=CCNC(=S)Nc1nc(C)cc(N2CCCC2)n1. The largest absolute Gasteiger partial charge is 0.359 e. The summed E-state index contributed by atoms with van der Waals surface area (Å²) < 4.78 is 0. The van der Waals surface area contributed by atoms with Gasteiger partial charge < -0.3 is 15.5 Å². The van der Waals surface area contributed by atoms with Crippen molar-refractivity contribution in [3.05, 3.63) is 24.4 Å². The van der Waals surface area contributed by atoms with E-state index in [0.717, 1.165) is 24.6 Å². The van der Waals surface area contributed by atoms with Gasteiger partial charge in [-0.3, -0.25) is 0 Å². The van der Waals surface area contributed by atoms with E-state index in [4.69, 9.17) is 12.2 Å². The third kappa shape index (κ3) is 3.89. The van der Waals surface area contributed by atoms with Crippen LogP contribution in [0, 0.1) is 6.92 Å². The van der Waals surface area contributed by atoms with E-state index in [9.17, 15) is 0 Å². The van der Waals surface area contributed by atoms with Crippen molar-refractivity contribution in [3.63, 3.8) is 0 Å².